The zero-order valence-corrected chi connectivity index (χ0v) is 15.4. The lowest BCUT2D eigenvalue weighted by atomic mass is 10.1. The Bertz CT molecular complexity index is 1040. The number of nitrogen functional groups attached to an aromatic ring is 1. The molecule has 2 aromatic heterocycles. The van der Waals surface area contributed by atoms with Gasteiger partial charge in [-0.1, -0.05) is 0 Å². The Labute approximate surface area is 164 Å². The Balaban J connectivity index is 1.74. The van der Waals surface area contributed by atoms with Gasteiger partial charge in [0, 0.05) is 36.7 Å². The molecule has 0 saturated carbocycles. The lowest BCUT2D eigenvalue weighted by molar-refractivity contribution is -0.137. The van der Waals surface area contributed by atoms with Gasteiger partial charge in [0.1, 0.15) is 5.52 Å². The zero-order chi connectivity index (χ0) is 20.6. The van der Waals surface area contributed by atoms with Gasteiger partial charge in [-0.3, -0.25) is 4.98 Å². The Hall–Kier alpha value is -3.14. The van der Waals surface area contributed by atoms with Crippen LogP contribution in [0.1, 0.15) is 18.4 Å². The second-order valence-electron chi connectivity index (χ2n) is 7.06. The van der Waals surface area contributed by atoms with Gasteiger partial charge in [-0.2, -0.15) is 18.2 Å². The van der Waals surface area contributed by atoms with Crippen molar-refractivity contribution in [1.29, 1.82) is 0 Å². The summed E-state index contributed by atoms with van der Waals surface area (Å²) in [5.74, 6) is 0.770. The molecule has 0 amide bonds. The maximum absolute atomic E-state index is 13.1. The maximum atomic E-state index is 13.1. The highest BCUT2D eigenvalue weighted by Crippen LogP contribution is 2.34. The lowest BCUT2D eigenvalue weighted by Crippen LogP contribution is -2.43. The first-order chi connectivity index (χ1) is 13.8. The Morgan fingerprint density at radius 3 is 2.76 bits per heavy atom. The van der Waals surface area contributed by atoms with Crippen LogP contribution in [0.4, 0.5) is 36.3 Å². The predicted molar refractivity (Wildman–Crippen MR) is 106 cm³/mol. The van der Waals surface area contributed by atoms with Crippen molar-refractivity contribution in [2.24, 2.45) is 5.73 Å². The van der Waals surface area contributed by atoms with Gasteiger partial charge in [0.15, 0.2) is 5.82 Å². The first-order valence-electron chi connectivity index (χ1n) is 9.18. The molecule has 1 aliphatic heterocycles. The number of fused-ring (bicyclic) bond motifs is 1. The number of halogens is 3. The van der Waals surface area contributed by atoms with E-state index >= 15 is 0 Å². The summed E-state index contributed by atoms with van der Waals surface area (Å²) in [7, 11) is 0. The number of hydrogen-bond donors (Lipinski definition) is 3. The highest BCUT2D eigenvalue weighted by Gasteiger charge is 2.31. The third kappa shape index (κ3) is 4.16. The molecule has 1 aliphatic rings. The molecule has 1 aromatic carbocycles. The molecular formula is C19H20F3N7. The monoisotopic (exact) mass is 403 g/mol. The van der Waals surface area contributed by atoms with Crippen LogP contribution < -0.4 is 21.7 Å². The van der Waals surface area contributed by atoms with E-state index < -0.39 is 11.7 Å². The highest BCUT2D eigenvalue weighted by atomic mass is 19.4. The van der Waals surface area contributed by atoms with Crippen LogP contribution in [0.5, 0.6) is 0 Å². The summed E-state index contributed by atoms with van der Waals surface area (Å²) < 4.78 is 39.3. The number of nitrogens with one attached hydrogen (secondary N) is 1. The van der Waals surface area contributed by atoms with Gasteiger partial charge in [-0.15, -0.1) is 0 Å². The second kappa shape index (κ2) is 7.36. The molecular weight excluding hydrogens is 383 g/mol. The fraction of sp³-hybridized carbons (Fsp3) is 0.316. The van der Waals surface area contributed by atoms with E-state index in [-0.39, 0.29) is 23.4 Å². The maximum Gasteiger partial charge on any atom is 0.416 e. The second-order valence-corrected chi connectivity index (χ2v) is 7.06. The van der Waals surface area contributed by atoms with Crippen molar-refractivity contribution in [3.63, 3.8) is 0 Å². The molecule has 0 aliphatic carbocycles. The van der Waals surface area contributed by atoms with E-state index in [1.54, 1.807) is 18.3 Å². The number of alkyl halides is 3. The minimum absolute atomic E-state index is 0.00740. The number of pyridine rings is 1. The van der Waals surface area contributed by atoms with Crippen molar-refractivity contribution < 1.29 is 13.2 Å². The molecule has 1 atom stereocenters. The summed E-state index contributed by atoms with van der Waals surface area (Å²) in [4.78, 5) is 15.4. The summed E-state index contributed by atoms with van der Waals surface area (Å²) in [5, 5.41) is 2.85. The third-order valence-electron chi connectivity index (χ3n) is 4.73. The Kier molecular flexibility index (Phi) is 4.87. The van der Waals surface area contributed by atoms with Gasteiger partial charge in [0.25, 0.3) is 0 Å². The van der Waals surface area contributed by atoms with E-state index in [1.807, 2.05) is 4.90 Å². The molecule has 29 heavy (non-hydrogen) atoms. The molecule has 0 spiro atoms. The van der Waals surface area contributed by atoms with Gasteiger partial charge < -0.3 is 21.7 Å². The third-order valence-corrected chi connectivity index (χ3v) is 4.73. The molecule has 3 aromatic rings. The number of nitrogens with zero attached hydrogens (tertiary/aromatic N) is 4. The molecule has 1 unspecified atom stereocenters. The van der Waals surface area contributed by atoms with Crippen LogP contribution in [0, 0.1) is 0 Å². The lowest BCUT2D eigenvalue weighted by Gasteiger charge is -2.32. The molecule has 7 nitrogen and oxygen atoms in total. The highest BCUT2D eigenvalue weighted by molar-refractivity contribution is 5.87. The fourth-order valence-electron chi connectivity index (χ4n) is 3.45. The number of nitrogens with two attached hydrogens (primary N) is 2. The first-order valence-corrected chi connectivity index (χ1v) is 9.18. The average Bonchev–Trinajstić information content (AvgIpc) is 2.66. The van der Waals surface area contributed by atoms with Crippen LogP contribution in [-0.4, -0.2) is 34.1 Å². The average molecular weight is 403 g/mol. The first kappa shape index (κ1) is 19.2. The smallest absolute Gasteiger partial charge is 0.399 e. The topological polar surface area (TPSA) is 106 Å². The molecule has 0 bridgehead atoms. The van der Waals surface area contributed by atoms with Crippen molar-refractivity contribution >= 4 is 34.2 Å². The largest absolute Gasteiger partial charge is 0.416 e. The van der Waals surface area contributed by atoms with Crippen LogP contribution in [0.25, 0.3) is 11.0 Å². The minimum atomic E-state index is -4.50. The SMILES string of the molecule is Nc1cc(Nc2nc(N3CCCC(N)C3)c3ncccc3n2)cc(C(F)(F)F)c1. The molecule has 5 N–H and O–H groups in total. The predicted octanol–water partition coefficient (Wildman–Crippen LogP) is 3.30. The molecule has 0 radical (unpaired) electrons. The van der Waals surface area contributed by atoms with Gasteiger partial charge in [-0.25, -0.2) is 4.98 Å². The summed E-state index contributed by atoms with van der Waals surface area (Å²) in [6, 6.07) is 6.82. The van der Waals surface area contributed by atoms with Gasteiger partial charge in [0.2, 0.25) is 5.95 Å². The normalized spacial score (nSPS) is 17.5. The van der Waals surface area contributed by atoms with Crippen LogP contribution in [-0.2, 0) is 6.18 Å². The van der Waals surface area contributed by atoms with Gasteiger partial charge >= 0.3 is 6.18 Å². The van der Waals surface area contributed by atoms with Crippen molar-refractivity contribution in [2.45, 2.75) is 25.1 Å². The summed E-state index contributed by atoms with van der Waals surface area (Å²) in [5.41, 5.74) is 12.3. The van der Waals surface area contributed by atoms with Crippen LogP contribution >= 0.6 is 0 Å². The van der Waals surface area contributed by atoms with Crippen molar-refractivity contribution in [3.05, 3.63) is 42.1 Å². The molecule has 4 rings (SSSR count). The Morgan fingerprint density at radius 2 is 2.00 bits per heavy atom. The molecule has 3 heterocycles. The van der Waals surface area contributed by atoms with E-state index in [0.717, 1.165) is 31.5 Å². The molecule has 1 fully saturated rings. The molecule has 152 valence electrons. The summed E-state index contributed by atoms with van der Waals surface area (Å²) in [6.07, 6.45) is -0.997. The van der Waals surface area contributed by atoms with Crippen LogP contribution in [0.3, 0.4) is 0 Å². The molecule has 1 saturated heterocycles. The van der Waals surface area contributed by atoms with Crippen molar-refractivity contribution in [1.82, 2.24) is 15.0 Å². The van der Waals surface area contributed by atoms with E-state index in [1.165, 1.54) is 6.07 Å². The number of piperidine rings is 1. The van der Waals surface area contributed by atoms with E-state index in [0.29, 0.717) is 23.4 Å². The minimum Gasteiger partial charge on any atom is -0.399 e. The number of aromatic nitrogens is 3. The fourth-order valence-corrected chi connectivity index (χ4v) is 3.45. The number of rotatable bonds is 3. The van der Waals surface area contributed by atoms with Gasteiger partial charge in [-0.05, 0) is 43.2 Å². The summed E-state index contributed by atoms with van der Waals surface area (Å²) in [6.45, 7) is 1.39. The Morgan fingerprint density at radius 1 is 1.17 bits per heavy atom. The van der Waals surface area contributed by atoms with Crippen LogP contribution in [0.2, 0.25) is 0 Å². The van der Waals surface area contributed by atoms with Crippen LogP contribution in [0.15, 0.2) is 36.5 Å². The van der Waals surface area contributed by atoms with E-state index in [2.05, 4.69) is 20.3 Å². The summed E-state index contributed by atoms with van der Waals surface area (Å²) >= 11 is 0. The number of benzene rings is 1. The standard InChI is InChI=1S/C19H20F3N7/c20-19(21,22)11-7-13(24)9-14(8-11)26-18-27-15-4-1-5-25-16(15)17(28-18)29-6-2-3-12(23)10-29/h1,4-5,7-9,12H,2-3,6,10,23-24H2,(H,26,27,28). The van der Waals surface area contributed by atoms with Crippen molar-refractivity contribution in [2.75, 3.05) is 29.0 Å². The van der Waals surface area contributed by atoms with E-state index in [9.17, 15) is 13.2 Å². The number of hydrogen-bond acceptors (Lipinski definition) is 7. The molecule has 10 heteroatoms. The zero-order valence-electron chi connectivity index (χ0n) is 15.4. The van der Waals surface area contributed by atoms with E-state index in [4.69, 9.17) is 11.5 Å². The van der Waals surface area contributed by atoms with Gasteiger partial charge in [0.05, 0.1) is 11.1 Å². The number of anilines is 4. The quantitative estimate of drug-likeness (QED) is 0.576. The van der Waals surface area contributed by atoms with Crippen molar-refractivity contribution in [3.8, 4) is 0 Å².